The summed E-state index contributed by atoms with van der Waals surface area (Å²) in [6.45, 7) is 0. The number of nitrogens with zero attached hydrogens (tertiary/aromatic N) is 5. The Bertz CT molecular complexity index is 3490. The van der Waals surface area contributed by atoms with Crippen LogP contribution in [0, 0.1) is 0 Å². The Hall–Kier alpha value is -7.89. The van der Waals surface area contributed by atoms with Gasteiger partial charge in [-0.15, -0.1) is 0 Å². The second-order valence-corrected chi connectivity index (χ2v) is 14.9. The van der Waals surface area contributed by atoms with Gasteiger partial charge in [0.1, 0.15) is 0 Å². The Morgan fingerprint density at radius 1 is 0.276 bits per heavy atom. The van der Waals surface area contributed by atoms with E-state index in [1.54, 1.807) is 0 Å². The van der Waals surface area contributed by atoms with Gasteiger partial charge in [0, 0.05) is 49.3 Å². The molecule has 4 heterocycles. The monoisotopic (exact) mass is 739 g/mol. The lowest BCUT2D eigenvalue weighted by atomic mass is 10.0. The molecule has 58 heavy (non-hydrogen) atoms. The molecule has 0 unspecified atom stereocenters. The van der Waals surface area contributed by atoms with Gasteiger partial charge >= 0.3 is 0 Å². The van der Waals surface area contributed by atoms with E-state index in [0.29, 0.717) is 17.5 Å². The molecule has 0 atom stereocenters. The van der Waals surface area contributed by atoms with Crippen molar-refractivity contribution in [3.8, 4) is 51.0 Å². The third-order valence-corrected chi connectivity index (χ3v) is 11.5. The number of rotatable bonds is 5. The molecule has 12 rings (SSSR count). The Morgan fingerprint density at radius 3 is 1.52 bits per heavy atom. The lowest BCUT2D eigenvalue weighted by Crippen LogP contribution is -2.00. The smallest absolute Gasteiger partial charge is 0.164 e. The van der Waals surface area contributed by atoms with Crippen LogP contribution in [0.1, 0.15) is 0 Å². The van der Waals surface area contributed by atoms with Crippen molar-refractivity contribution >= 4 is 59.9 Å². The average molecular weight is 740 g/mol. The predicted octanol–water partition coefficient (Wildman–Crippen LogP) is 13.3. The molecular formula is C53H33N5. The summed E-state index contributed by atoms with van der Waals surface area (Å²) in [7, 11) is 0. The Morgan fingerprint density at radius 2 is 0.810 bits per heavy atom. The number of aromatic nitrogens is 5. The molecule has 5 heteroatoms. The molecule has 0 bridgehead atoms. The minimum absolute atomic E-state index is 0.640. The molecule has 12 aromatic rings. The predicted molar refractivity (Wildman–Crippen MR) is 239 cm³/mol. The largest absolute Gasteiger partial charge is 0.309 e. The van der Waals surface area contributed by atoms with Crippen molar-refractivity contribution in [1.82, 2.24) is 23.9 Å². The Labute approximate surface area is 333 Å². The zero-order valence-corrected chi connectivity index (χ0v) is 31.3. The van der Waals surface area contributed by atoms with E-state index in [4.69, 9.17) is 15.0 Å². The molecule has 0 aliphatic carbocycles. The first-order chi connectivity index (χ1) is 28.7. The van der Waals surface area contributed by atoms with Gasteiger partial charge in [0.05, 0.1) is 27.6 Å². The minimum atomic E-state index is 0.640. The first kappa shape index (κ1) is 32.4. The molecule has 0 radical (unpaired) electrons. The van der Waals surface area contributed by atoms with Crippen LogP contribution in [0.5, 0.6) is 0 Å². The van der Waals surface area contributed by atoms with Crippen LogP contribution in [-0.2, 0) is 0 Å². The van der Waals surface area contributed by atoms with Crippen molar-refractivity contribution in [1.29, 1.82) is 0 Å². The molecule has 4 aromatic heterocycles. The molecule has 0 aliphatic rings. The first-order valence-electron chi connectivity index (χ1n) is 19.6. The average Bonchev–Trinajstić information content (AvgIpc) is 3.85. The summed E-state index contributed by atoms with van der Waals surface area (Å²) < 4.78 is 4.84. The van der Waals surface area contributed by atoms with E-state index in [1.807, 2.05) is 60.7 Å². The van der Waals surface area contributed by atoms with Crippen molar-refractivity contribution in [2.75, 3.05) is 0 Å². The summed E-state index contributed by atoms with van der Waals surface area (Å²) >= 11 is 0. The second-order valence-electron chi connectivity index (χ2n) is 14.9. The quantitative estimate of drug-likeness (QED) is 0.165. The van der Waals surface area contributed by atoms with Crippen molar-refractivity contribution in [2.45, 2.75) is 0 Å². The second kappa shape index (κ2) is 12.8. The maximum absolute atomic E-state index is 4.98. The molecule has 0 aliphatic heterocycles. The molecular weight excluding hydrogens is 707 g/mol. The van der Waals surface area contributed by atoms with E-state index < -0.39 is 0 Å². The van der Waals surface area contributed by atoms with E-state index in [1.165, 1.54) is 59.9 Å². The summed E-state index contributed by atoms with van der Waals surface area (Å²) in [5.74, 6) is 1.94. The molecule has 0 fully saturated rings. The van der Waals surface area contributed by atoms with Crippen LogP contribution in [0.25, 0.3) is 111 Å². The van der Waals surface area contributed by atoms with E-state index in [0.717, 1.165) is 33.5 Å². The van der Waals surface area contributed by atoms with Crippen LogP contribution in [0.4, 0.5) is 0 Å². The van der Waals surface area contributed by atoms with Gasteiger partial charge in [-0.2, -0.15) is 0 Å². The van der Waals surface area contributed by atoms with Crippen molar-refractivity contribution < 1.29 is 0 Å². The number of fused-ring (bicyclic) bond motifs is 11. The van der Waals surface area contributed by atoms with Gasteiger partial charge in [-0.1, -0.05) is 146 Å². The fourth-order valence-electron chi connectivity index (χ4n) is 8.82. The zero-order valence-electron chi connectivity index (χ0n) is 31.3. The molecule has 0 N–H and O–H groups in total. The van der Waals surface area contributed by atoms with Gasteiger partial charge in [-0.05, 0) is 71.1 Å². The molecule has 0 spiro atoms. The fourth-order valence-corrected chi connectivity index (χ4v) is 8.82. The maximum atomic E-state index is 4.98. The molecule has 5 nitrogen and oxygen atoms in total. The van der Waals surface area contributed by atoms with E-state index in [-0.39, 0.29) is 0 Å². The van der Waals surface area contributed by atoms with Gasteiger partial charge in [0.25, 0.3) is 0 Å². The van der Waals surface area contributed by atoms with Gasteiger partial charge in [0.15, 0.2) is 17.5 Å². The zero-order chi connectivity index (χ0) is 38.2. The van der Waals surface area contributed by atoms with Gasteiger partial charge < -0.3 is 8.97 Å². The van der Waals surface area contributed by atoms with Gasteiger partial charge in [-0.25, -0.2) is 15.0 Å². The number of pyridine rings is 1. The van der Waals surface area contributed by atoms with Crippen LogP contribution in [0.2, 0.25) is 0 Å². The van der Waals surface area contributed by atoms with E-state index in [2.05, 4.69) is 148 Å². The highest BCUT2D eigenvalue weighted by Gasteiger charge is 2.18. The summed E-state index contributed by atoms with van der Waals surface area (Å²) in [6.07, 6.45) is 0. The van der Waals surface area contributed by atoms with Crippen molar-refractivity contribution in [2.24, 2.45) is 0 Å². The third-order valence-electron chi connectivity index (χ3n) is 11.5. The maximum Gasteiger partial charge on any atom is 0.164 e. The molecule has 0 saturated heterocycles. The number of para-hydroxylation sites is 3. The topological polar surface area (TPSA) is 48.0 Å². The minimum Gasteiger partial charge on any atom is -0.309 e. The first-order valence-corrected chi connectivity index (χ1v) is 19.6. The lowest BCUT2D eigenvalue weighted by molar-refractivity contribution is 1.07. The molecule has 0 amide bonds. The standard InChI is InChI=1S/C53H33N5/c1-3-14-35(15-4-1)51-54-52(36-16-5-2-6-17-36)56-53(55-51)39-20-13-19-37(30-39)34-26-28-40(29-27-34)57-47-24-11-9-22-42(47)44-32-45-43(33-50(44)57)41-21-8-12-25-48(41)58-46-23-10-7-18-38(46)31-49(45)58/h1-33H. The highest BCUT2D eigenvalue weighted by Crippen LogP contribution is 2.40. The summed E-state index contributed by atoms with van der Waals surface area (Å²) in [5.41, 5.74) is 12.2. The van der Waals surface area contributed by atoms with E-state index >= 15 is 0 Å². The van der Waals surface area contributed by atoms with Gasteiger partial charge in [0.2, 0.25) is 0 Å². The van der Waals surface area contributed by atoms with Crippen LogP contribution in [0.3, 0.4) is 0 Å². The van der Waals surface area contributed by atoms with Crippen LogP contribution in [0.15, 0.2) is 200 Å². The summed E-state index contributed by atoms with van der Waals surface area (Å²) in [5, 5.41) is 7.47. The number of benzene rings is 8. The highest BCUT2D eigenvalue weighted by atomic mass is 15.0. The highest BCUT2D eigenvalue weighted by molar-refractivity contribution is 6.22. The van der Waals surface area contributed by atoms with Crippen LogP contribution in [-0.4, -0.2) is 23.9 Å². The molecule has 0 saturated carbocycles. The normalized spacial score (nSPS) is 11.8. The lowest BCUT2D eigenvalue weighted by Gasteiger charge is -2.13. The summed E-state index contributed by atoms with van der Waals surface area (Å²) in [4.78, 5) is 14.8. The summed E-state index contributed by atoms with van der Waals surface area (Å²) in [6, 6.07) is 71.0. The van der Waals surface area contributed by atoms with Gasteiger partial charge in [-0.3, -0.25) is 0 Å². The van der Waals surface area contributed by atoms with E-state index in [9.17, 15) is 0 Å². The van der Waals surface area contributed by atoms with Crippen molar-refractivity contribution in [3.63, 3.8) is 0 Å². The van der Waals surface area contributed by atoms with Crippen LogP contribution >= 0.6 is 0 Å². The third kappa shape index (κ3) is 5.07. The molecule has 8 aromatic carbocycles. The SMILES string of the molecule is c1ccc(-c2nc(-c3ccccc3)nc(-c3cccc(-c4ccc(-n5c6ccccc6c6cc7c(cc65)c5ccccc5n5c6ccccc6cc75)cc4)c3)n2)cc1. The number of hydrogen-bond donors (Lipinski definition) is 0. The van der Waals surface area contributed by atoms with Crippen molar-refractivity contribution in [3.05, 3.63) is 200 Å². The number of hydrogen-bond acceptors (Lipinski definition) is 3. The Kier molecular flexibility index (Phi) is 7.16. The Balaban J connectivity index is 0.993. The fraction of sp³-hybridized carbons (Fsp3) is 0. The van der Waals surface area contributed by atoms with Crippen LogP contribution < -0.4 is 0 Å². The molecule has 270 valence electrons.